The molecule has 0 atom stereocenters. The van der Waals surface area contributed by atoms with E-state index >= 15 is 0 Å². The SMILES string of the molecule is COc1cc(-n2c(C)nc3cc(C(=O)N4CCN(C(C)=O)CC4)ccc32)cc(OC)c1OC. The van der Waals surface area contributed by atoms with E-state index in [9.17, 15) is 9.59 Å². The highest BCUT2D eigenvalue weighted by atomic mass is 16.5. The van der Waals surface area contributed by atoms with Crippen molar-refractivity contribution >= 4 is 22.8 Å². The van der Waals surface area contributed by atoms with E-state index in [1.165, 1.54) is 0 Å². The first kappa shape index (κ1) is 22.4. The van der Waals surface area contributed by atoms with Gasteiger partial charge in [-0.1, -0.05) is 0 Å². The Bertz CT molecular complexity index is 1190. The molecule has 174 valence electrons. The van der Waals surface area contributed by atoms with E-state index in [0.29, 0.717) is 49.0 Å². The Morgan fingerprint density at radius 2 is 1.48 bits per heavy atom. The van der Waals surface area contributed by atoms with E-state index in [2.05, 4.69) is 0 Å². The highest BCUT2D eigenvalue weighted by molar-refractivity contribution is 5.98. The van der Waals surface area contributed by atoms with Gasteiger partial charge in [-0.25, -0.2) is 4.98 Å². The molecule has 1 aromatic heterocycles. The molecule has 0 N–H and O–H groups in total. The number of rotatable bonds is 5. The number of fused-ring (bicyclic) bond motifs is 1. The number of ether oxygens (including phenoxy) is 3. The predicted octanol–water partition coefficient (Wildman–Crippen LogP) is 2.66. The van der Waals surface area contributed by atoms with E-state index in [4.69, 9.17) is 19.2 Å². The van der Waals surface area contributed by atoms with Crippen LogP contribution in [0.1, 0.15) is 23.1 Å². The molecule has 0 radical (unpaired) electrons. The van der Waals surface area contributed by atoms with Crippen molar-refractivity contribution in [1.82, 2.24) is 19.4 Å². The predicted molar refractivity (Wildman–Crippen MR) is 124 cm³/mol. The maximum absolute atomic E-state index is 13.1. The maximum Gasteiger partial charge on any atom is 0.254 e. The average molecular weight is 453 g/mol. The molecule has 1 saturated heterocycles. The van der Waals surface area contributed by atoms with Crippen molar-refractivity contribution in [1.29, 1.82) is 0 Å². The van der Waals surface area contributed by atoms with Crippen LogP contribution in [0.3, 0.4) is 0 Å². The van der Waals surface area contributed by atoms with Crippen LogP contribution in [0.4, 0.5) is 0 Å². The zero-order valence-corrected chi connectivity index (χ0v) is 19.5. The molecule has 1 fully saturated rings. The van der Waals surface area contributed by atoms with Crippen molar-refractivity contribution in [3.05, 3.63) is 41.7 Å². The Labute approximate surface area is 192 Å². The second kappa shape index (κ2) is 9.01. The molecule has 1 aliphatic rings. The molecule has 2 amide bonds. The van der Waals surface area contributed by atoms with Crippen molar-refractivity contribution in [2.45, 2.75) is 13.8 Å². The van der Waals surface area contributed by atoms with Gasteiger partial charge >= 0.3 is 0 Å². The third-order valence-electron chi connectivity index (χ3n) is 5.99. The largest absolute Gasteiger partial charge is 0.493 e. The number of carbonyl (C=O) groups is 2. The lowest BCUT2D eigenvalue weighted by Crippen LogP contribution is -2.50. The molecule has 9 heteroatoms. The molecule has 2 aromatic carbocycles. The molecular formula is C24H28N4O5. The summed E-state index contributed by atoms with van der Waals surface area (Å²) in [6, 6.07) is 9.26. The highest BCUT2D eigenvalue weighted by Gasteiger charge is 2.24. The zero-order valence-electron chi connectivity index (χ0n) is 19.5. The van der Waals surface area contributed by atoms with E-state index < -0.39 is 0 Å². The van der Waals surface area contributed by atoms with Gasteiger partial charge in [0.05, 0.1) is 38.1 Å². The quantitative estimate of drug-likeness (QED) is 0.592. The fraction of sp³-hybridized carbons (Fsp3) is 0.375. The molecule has 9 nitrogen and oxygen atoms in total. The van der Waals surface area contributed by atoms with Crippen LogP contribution < -0.4 is 14.2 Å². The standard InChI is InChI=1S/C24H28N4O5/c1-15-25-19-12-17(24(30)27-10-8-26(9-11-27)16(2)29)6-7-20(19)28(15)18-13-21(31-3)23(33-5)22(14-18)32-4/h6-7,12-14H,8-11H2,1-5H3. The molecule has 1 aliphatic heterocycles. The van der Waals surface area contributed by atoms with E-state index in [0.717, 1.165) is 22.5 Å². The summed E-state index contributed by atoms with van der Waals surface area (Å²) < 4.78 is 18.4. The Hall–Kier alpha value is -3.75. The van der Waals surface area contributed by atoms with Gasteiger partial charge in [0.1, 0.15) is 5.82 Å². The Morgan fingerprint density at radius 1 is 0.879 bits per heavy atom. The van der Waals surface area contributed by atoms with Gasteiger partial charge in [-0.15, -0.1) is 0 Å². The van der Waals surface area contributed by atoms with Gasteiger partial charge in [-0.05, 0) is 25.1 Å². The number of carbonyl (C=O) groups excluding carboxylic acids is 2. The average Bonchev–Trinajstić information content (AvgIpc) is 3.17. The molecule has 2 heterocycles. The molecule has 0 unspecified atom stereocenters. The monoisotopic (exact) mass is 452 g/mol. The molecule has 33 heavy (non-hydrogen) atoms. The second-order valence-electron chi connectivity index (χ2n) is 7.88. The third-order valence-corrected chi connectivity index (χ3v) is 5.99. The van der Waals surface area contributed by atoms with Crippen molar-refractivity contribution in [3.8, 4) is 22.9 Å². The van der Waals surface area contributed by atoms with Crippen molar-refractivity contribution in [2.24, 2.45) is 0 Å². The number of hydrogen-bond acceptors (Lipinski definition) is 6. The highest BCUT2D eigenvalue weighted by Crippen LogP contribution is 2.40. The summed E-state index contributed by atoms with van der Waals surface area (Å²) in [6.07, 6.45) is 0. The molecule has 4 rings (SSSR count). The summed E-state index contributed by atoms with van der Waals surface area (Å²) in [7, 11) is 4.72. The first-order valence-electron chi connectivity index (χ1n) is 10.7. The number of nitrogens with zero attached hydrogens (tertiary/aromatic N) is 4. The molecule has 0 spiro atoms. The lowest BCUT2D eigenvalue weighted by Gasteiger charge is -2.34. The third kappa shape index (κ3) is 4.06. The van der Waals surface area contributed by atoms with Crippen molar-refractivity contribution in [3.63, 3.8) is 0 Å². The normalized spacial score (nSPS) is 13.8. The van der Waals surface area contributed by atoms with E-state index in [1.54, 1.807) is 38.1 Å². The first-order chi connectivity index (χ1) is 15.9. The Morgan fingerprint density at radius 3 is 2.03 bits per heavy atom. The number of aryl methyl sites for hydroxylation is 1. The van der Waals surface area contributed by atoms with Crippen LogP contribution >= 0.6 is 0 Å². The molecular weight excluding hydrogens is 424 g/mol. The second-order valence-corrected chi connectivity index (χ2v) is 7.88. The number of methoxy groups -OCH3 is 3. The number of aromatic nitrogens is 2. The molecule has 3 aromatic rings. The van der Waals surface area contributed by atoms with Crippen LogP contribution in [0.15, 0.2) is 30.3 Å². The first-order valence-corrected chi connectivity index (χ1v) is 10.7. The van der Waals surface area contributed by atoms with Gasteiger partial charge in [-0.2, -0.15) is 0 Å². The number of imidazole rings is 1. The summed E-state index contributed by atoms with van der Waals surface area (Å²) in [6.45, 7) is 5.62. The molecule has 0 bridgehead atoms. The van der Waals surface area contributed by atoms with E-state index in [1.807, 2.05) is 41.8 Å². The maximum atomic E-state index is 13.1. The van der Waals surface area contributed by atoms with Crippen LogP contribution in [0.25, 0.3) is 16.7 Å². The van der Waals surface area contributed by atoms with Gasteiger partial charge in [0.15, 0.2) is 11.5 Å². The van der Waals surface area contributed by atoms with Crippen molar-refractivity contribution < 1.29 is 23.8 Å². The van der Waals surface area contributed by atoms with Crippen LogP contribution in [0.2, 0.25) is 0 Å². The Kier molecular flexibility index (Phi) is 6.13. The molecule has 0 aliphatic carbocycles. The minimum Gasteiger partial charge on any atom is -0.493 e. The minimum absolute atomic E-state index is 0.0383. The van der Waals surface area contributed by atoms with Crippen LogP contribution in [0.5, 0.6) is 17.2 Å². The van der Waals surface area contributed by atoms with Gasteiger partial charge in [0.2, 0.25) is 11.7 Å². The van der Waals surface area contributed by atoms with Crippen molar-refractivity contribution in [2.75, 3.05) is 47.5 Å². The molecule has 0 saturated carbocycles. The topological polar surface area (TPSA) is 86.1 Å². The fourth-order valence-corrected chi connectivity index (χ4v) is 4.26. The summed E-state index contributed by atoms with van der Waals surface area (Å²) in [5, 5.41) is 0. The minimum atomic E-state index is -0.0555. The lowest BCUT2D eigenvalue weighted by molar-refractivity contribution is -0.130. The number of piperazine rings is 1. The van der Waals surface area contributed by atoms with E-state index in [-0.39, 0.29) is 11.8 Å². The Balaban J connectivity index is 1.68. The number of hydrogen-bond donors (Lipinski definition) is 0. The summed E-state index contributed by atoms with van der Waals surface area (Å²) in [4.78, 5) is 32.8. The van der Waals surface area contributed by atoms with Gasteiger partial charge in [0.25, 0.3) is 5.91 Å². The lowest BCUT2D eigenvalue weighted by atomic mass is 10.1. The van der Waals surface area contributed by atoms with Gasteiger partial charge in [0, 0.05) is 50.8 Å². The summed E-state index contributed by atoms with van der Waals surface area (Å²) in [5.74, 6) is 2.35. The number of benzene rings is 2. The van der Waals surface area contributed by atoms with Crippen LogP contribution in [-0.2, 0) is 4.79 Å². The number of amides is 2. The summed E-state index contributed by atoms with van der Waals surface area (Å²) >= 11 is 0. The summed E-state index contributed by atoms with van der Waals surface area (Å²) in [5.41, 5.74) is 2.96. The van der Waals surface area contributed by atoms with Gasteiger partial charge < -0.3 is 24.0 Å². The van der Waals surface area contributed by atoms with Gasteiger partial charge in [-0.3, -0.25) is 14.2 Å². The smallest absolute Gasteiger partial charge is 0.254 e. The fourth-order valence-electron chi connectivity index (χ4n) is 4.26. The van der Waals surface area contributed by atoms with Crippen LogP contribution in [-0.4, -0.2) is 78.7 Å². The zero-order chi connectivity index (χ0) is 23.7. The van der Waals surface area contributed by atoms with Crippen LogP contribution in [0, 0.1) is 6.92 Å².